The lowest BCUT2D eigenvalue weighted by Gasteiger charge is -2.42. The van der Waals surface area contributed by atoms with E-state index in [9.17, 15) is 0 Å². The van der Waals surface area contributed by atoms with Gasteiger partial charge in [0.2, 0.25) is 0 Å². The quantitative estimate of drug-likeness (QED) is 0.756. The molecule has 1 aliphatic carbocycles. The van der Waals surface area contributed by atoms with Crippen molar-refractivity contribution >= 4 is 0 Å². The second-order valence-electron chi connectivity index (χ2n) is 7.60. The Bertz CT molecular complexity index is 522. The number of rotatable bonds is 1. The molecule has 0 spiro atoms. The molecule has 1 fully saturated rings. The molecule has 0 amide bonds. The first kappa shape index (κ1) is 14.1. The SMILES string of the molecule is Cc1cc2c(cc1C1OCCO1)C(C)(C)CCC2(C)C. The average Bonchev–Trinajstić information content (AvgIpc) is 2.88. The van der Waals surface area contributed by atoms with Gasteiger partial charge in [-0.05, 0) is 53.4 Å². The molecule has 1 aromatic rings. The predicted octanol–water partition coefficient (Wildman–Crippen LogP) is 4.39. The number of aryl methyl sites for hydroxylation is 1. The van der Waals surface area contributed by atoms with Gasteiger partial charge in [0.05, 0.1) is 13.2 Å². The van der Waals surface area contributed by atoms with Gasteiger partial charge in [0.1, 0.15) is 0 Å². The number of benzene rings is 1. The number of hydrogen-bond acceptors (Lipinski definition) is 2. The monoisotopic (exact) mass is 274 g/mol. The lowest BCUT2D eigenvalue weighted by Crippen LogP contribution is -2.34. The molecule has 0 unspecified atom stereocenters. The predicted molar refractivity (Wildman–Crippen MR) is 81.1 cm³/mol. The third-order valence-corrected chi connectivity index (χ3v) is 5.12. The van der Waals surface area contributed by atoms with Crippen molar-refractivity contribution in [1.82, 2.24) is 0 Å². The molecule has 0 aromatic heterocycles. The zero-order chi connectivity index (χ0) is 14.5. The maximum Gasteiger partial charge on any atom is 0.184 e. The highest BCUT2D eigenvalue weighted by Gasteiger charge is 2.38. The van der Waals surface area contributed by atoms with E-state index in [4.69, 9.17) is 9.47 Å². The fourth-order valence-electron chi connectivity index (χ4n) is 3.53. The molecule has 0 N–H and O–H groups in total. The van der Waals surface area contributed by atoms with Crippen molar-refractivity contribution in [3.8, 4) is 0 Å². The van der Waals surface area contributed by atoms with Crippen LogP contribution in [0.25, 0.3) is 0 Å². The topological polar surface area (TPSA) is 18.5 Å². The highest BCUT2D eigenvalue weighted by atomic mass is 16.7. The van der Waals surface area contributed by atoms with Gasteiger partial charge in [0, 0.05) is 5.56 Å². The molecule has 1 saturated heterocycles. The van der Waals surface area contributed by atoms with Crippen LogP contribution in [-0.4, -0.2) is 13.2 Å². The molecule has 1 aliphatic heterocycles. The number of fused-ring (bicyclic) bond motifs is 1. The van der Waals surface area contributed by atoms with Crippen LogP contribution in [0.15, 0.2) is 12.1 Å². The summed E-state index contributed by atoms with van der Waals surface area (Å²) < 4.78 is 11.4. The fourth-order valence-corrected chi connectivity index (χ4v) is 3.53. The average molecular weight is 274 g/mol. The summed E-state index contributed by atoms with van der Waals surface area (Å²) in [6.45, 7) is 13.0. The lowest BCUT2D eigenvalue weighted by molar-refractivity contribution is -0.0446. The Balaban J connectivity index is 2.14. The second kappa shape index (κ2) is 4.57. The Hall–Kier alpha value is -0.860. The Morgan fingerprint density at radius 1 is 0.900 bits per heavy atom. The standard InChI is InChI=1S/C18H26O2/c1-12-10-14-15(11-13(12)16-19-8-9-20-16)18(4,5)7-6-17(14,2)3/h10-11,16H,6-9H2,1-5H3. The zero-order valence-corrected chi connectivity index (χ0v) is 13.4. The van der Waals surface area contributed by atoms with E-state index in [-0.39, 0.29) is 17.1 Å². The van der Waals surface area contributed by atoms with E-state index in [1.54, 1.807) is 0 Å². The van der Waals surface area contributed by atoms with Crippen LogP contribution >= 0.6 is 0 Å². The third-order valence-electron chi connectivity index (χ3n) is 5.12. The van der Waals surface area contributed by atoms with Crippen molar-refractivity contribution in [2.24, 2.45) is 0 Å². The highest BCUT2D eigenvalue weighted by Crippen LogP contribution is 2.47. The van der Waals surface area contributed by atoms with E-state index in [1.807, 2.05) is 0 Å². The Labute approximate surface area is 122 Å². The maximum atomic E-state index is 5.71. The van der Waals surface area contributed by atoms with Crippen LogP contribution in [-0.2, 0) is 20.3 Å². The molecular formula is C18H26O2. The molecule has 1 aromatic carbocycles. The van der Waals surface area contributed by atoms with Crippen molar-refractivity contribution in [3.05, 3.63) is 34.4 Å². The van der Waals surface area contributed by atoms with Crippen molar-refractivity contribution in [3.63, 3.8) is 0 Å². The van der Waals surface area contributed by atoms with Gasteiger partial charge in [-0.25, -0.2) is 0 Å². The van der Waals surface area contributed by atoms with E-state index in [1.165, 1.54) is 35.1 Å². The zero-order valence-electron chi connectivity index (χ0n) is 13.4. The second-order valence-corrected chi connectivity index (χ2v) is 7.60. The summed E-state index contributed by atoms with van der Waals surface area (Å²) in [5.41, 5.74) is 6.01. The molecule has 110 valence electrons. The van der Waals surface area contributed by atoms with Crippen molar-refractivity contribution in [2.45, 2.75) is 64.6 Å². The molecule has 2 aliphatic rings. The summed E-state index contributed by atoms with van der Waals surface area (Å²) in [6, 6.07) is 4.72. The molecule has 1 heterocycles. The first-order valence-corrected chi connectivity index (χ1v) is 7.70. The van der Waals surface area contributed by atoms with Crippen LogP contribution in [0.1, 0.15) is 69.1 Å². The number of ether oxygens (including phenoxy) is 2. The molecule has 3 rings (SSSR count). The Morgan fingerprint density at radius 3 is 1.95 bits per heavy atom. The van der Waals surface area contributed by atoms with Gasteiger partial charge in [-0.1, -0.05) is 33.8 Å². The van der Waals surface area contributed by atoms with Crippen molar-refractivity contribution < 1.29 is 9.47 Å². The summed E-state index contributed by atoms with van der Waals surface area (Å²) in [6.07, 6.45) is 2.32. The first-order chi connectivity index (χ1) is 9.31. The van der Waals surface area contributed by atoms with Crippen LogP contribution in [0.3, 0.4) is 0 Å². The normalized spacial score (nSPS) is 24.6. The van der Waals surface area contributed by atoms with Gasteiger partial charge in [-0.15, -0.1) is 0 Å². The minimum absolute atomic E-state index is 0.166. The van der Waals surface area contributed by atoms with Crippen molar-refractivity contribution in [2.75, 3.05) is 13.2 Å². The summed E-state index contributed by atoms with van der Waals surface area (Å²) in [7, 11) is 0. The highest BCUT2D eigenvalue weighted by molar-refractivity contribution is 5.47. The van der Waals surface area contributed by atoms with E-state index in [0.717, 1.165) is 0 Å². The van der Waals surface area contributed by atoms with E-state index in [0.29, 0.717) is 13.2 Å². The minimum atomic E-state index is -0.166. The molecule has 2 nitrogen and oxygen atoms in total. The maximum absolute atomic E-state index is 5.71. The van der Waals surface area contributed by atoms with Gasteiger partial charge < -0.3 is 9.47 Å². The summed E-state index contributed by atoms with van der Waals surface area (Å²) in [5, 5.41) is 0. The van der Waals surface area contributed by atoms with Gasteiger partial charge in [-0.2, -0.15) is 0 Å². The van der Waals surface area contributed by atoms with Gasteiger partial charge in [-0.3, -0.25) is 0 Å². The Kier molecular flexibility index (Phi) is 3.22. The minimum Gasteiger partial charge on any atom is -0.346 e. The molecule has 0 bridgehead atoms. The first-order valence-electron chi connectivity index (χ1n) is 7.70. The Morgan fingerprint density at radius 2 is 1.40 bits per heavy atom. The summed E-state index contributed by atoms with van der Waals surface area (Å²) in [5.74, 6) is 0. The molecule has 0 radical (unpaired) electrons. The summed E-state index contributed by atoms with van der Waals surface area (Å²) in [4.78, 5) is 0. The molecule has 0 atom stereocenters. The molecule has 0 saturated carbocycles. The molecule has 2 heteroatoms. The lowest BCUT2D eigenvalue weighted by atomic mass is 9.62. The van der Waals surface area contributed by atoms with E-state index < -0.39 is 0 Å². The molecule has 20 heavy (non-hydrogen) atoms. The van der Waals surface area contributed by atoms with Gasteiger partial charge in [0.25, 0.3) is 0 Å². The van der Waals surface area contributed by atoms with E-state index in [2.05, 4.69) is 46.8 Å². The van der Waals surface area contributed by atoms with Crippen LogP contribution in [0.4, 0.5) is 0 Å². The smallest absolute Gasteiger partial charge is 0.184 e. The largest absolute Gasteiger partial charge is 0.346 e. The fraction of sp³-hybridized carbons (Fsp3) is 0.667. The van der Waals surface area contributed by atoms with Gasteiger partial charge in [0.15, 0.2) is 6.29 Å². The third kappa shape index (κ3) is 2.19. The van der Waals surface area contributed by atoms with Gasteiger partial charge >= 0.3 is 0 Å². The van der Waals surface area contributed by atoms with Crippen LogP contribution in [0, 0.1) is 6.92 Å². The van der Waals surface area contributed by atoms with Crippen LogP contribution in [0.2, 0.25) is 0 Å². The molecular weight excluding hydrogens is 248 g/mol. The summed E-state index contributed by atoms with van der Waals surface area (Å²) >= 11 is 0. The van der Waals surface area contributed by atoms with Crippen molar-refractivity contribution in [1.29, 1.82) is 0 Å². The number of hydrogen-bond donors (Lipinski definition) is 0. The van der Waals surface area contributed by atoms with E-state index >= 15 is 0 Å². The van der Waals surface area contributed by atoms with Crippen LogP contribution in [0.5, 0.6) is 0 Å². The van der Waals surface area contributed by atoms with Crippen LogP contribution < -0.4 is 0 Å².